The summed E-state index contributed by atoms with van der Waals surface area (Å²) in [6.45, 7) is 0.724. The van der Waals surface area contributed by atoms with Gasteiger partial charge in [-0.25, -0.2) is 0 Å². The van der Waals surface area contributed by atoms with Gasteiger partial charge in [-0.1, -0.05) is 42.5 Å². The summed E-state index contributed by atoms with van der Waals surface area (Å²) in [7, 11) is -4.12. The number of hydrogen-bond donors (Lipinski definition) is 2. The maximum atomic E-state index is 11.6. The third kappa shape index (κ3) is 5.42. The van der Waals surface area contributed by atoms with Crippen LogP contribution in [0.3, 0.4) is 0 Å². The SMILES string of the molecule is O=C1NCC[C@@H]1C(Cl)c1ccc2ccncc2c1.O=S(=O)(O)c1sccc1-c1ccccc1. The molecule has 1 fully saturated rings. The van der Waals surface area contributed by atoms with Crippen molar-refractivity contribution < 1.29 is 17.8 Å². The highest BCUT2D eigenvalue weighted by Gasteiger charge is 2.31. The first-order chi connectivity index (χ1) is 15.8. The summed E-state index contributed by atoms with van der Waals surface area (Å²) in [6, 6.07) is 18.8. The minimum Gasteiger partial charge on any atom is -0.356 e. The van der Waals surface area contributed by atoms with E-state index in [0.717, 1.165) is 46.2 Å². The highest BCUT2D eigenvalue weighted by Crippen LogP contribution is 2.34. The molecule has 1 unspecified atom stereocenters. The minimum atomic E-state index is -4.12. The number of halogens is 1. The summed E-state index contributed by atoms with van der Waals surface area (Å²) < 4.78 is 31.1. The first kappa shape index (κ1) is 23.4. The Kier molecular flexibility index (Phi) is 7.09. The van der Waals surface area contributed by atoms with Crippen LogP contribution >= 0.6 is 22.9 Å². The smallest absolute Gasteiger partial charge is 0.304 e. The largest absolute Gasteiger partial charge is 0.356 e. The van der Waals surface area contributed by atoms with E-state index in [0.29, 0.717) is 5.56 Å². The van der Waals surface area contributed by atoms with Crippen LogP contribution in [0.2, 0.25) is 0 Å². The predicted octanol–water partition coefficient (Wildman–Crippen LogP) is 5.31. The number of nitrogens with zero attached hydrogens (tertiary/aromatic N) is 1. The second-order valence-electron chi connectivity index (χ2n) is 7.53. The summed E-state index contributed by atoms with van der Waals surface area (Å²) in [6.07, 6.45) is 4.39. The monoisotopic (exact) mass is 500 g/mol. The number of amides is 1. The summed E-state index contributed by atoms with van der Waals surface area (Å²) in [5.41, 5.74) is 2.31. The van der Waals surface area contributed by atoms with Crippen LogP contribution in [0, 0.1) is 5.92 Å². The predicted molar refractivity (Wildman–Crippen MR) is 131 cm³/mol. The number of fused-ring (bicyclic) bond motifs is 1. The van der Waals surface area contributed by atoms with Crippen molar-refractivity contribution in [1.29, 1.82) is 0 Å². The average molecular weight is 501 g/mol. The van der Waals surface area contributed by atoms with Crippen LogP contribution in [-0.4, -0.2) is 30.4 Å². The van der Waals surface area contributed by atoms with Crippen LogP contribution in [0.15, 0.2) is 82.6 Å². The number of rotatable bonds is 4. The normalized spacial score (nSPS) is 16.7. The molecule has 0 aliphatic carbocycles. The van der Waals surface area contributed by atoms with Gasteiger partial charge in [-0.15, -0.1) is 22.9 Å². The topological polar surface area (TPSA) is 96.4 Å². The van der Waals surface area contributed by atoms with Crippen molar-refractivity contribution in [2.24, 2.45) is 5.92 Å². The molecule has 170 valence electrons. The summed E-state index contributed by atoms with van der Waals surface area (Å²) >= 11 is 7.44. The second kappa shape index (κ2) is 10.0. The Labute approximate surface area is 201 Å². The Morgan fingerprint density at radius 1 is 1.09 bits per heavy atom. The van der Waals surface area contributed by atoms with Gasteiger partial charge in [-0.2, -0.15) is 8.42 Å². The molecule has 1 saturated heterocycles. The van der Waals surface area contributed by atoms with Gasteiger partial charge in [0.05, 0.1) is 11.3 Å². The lowest BCUT2D eigenvalue weighted by molar-refractivity contribution is -0.122. The highest BCUT2D eigenvalue weighted by molar-refractivity contribution is 7.88. The van der Waals surface area contributed by atoms with Crippen LogP contribution in [0.25, 0.3) is 21.9 Å². The van der Waals surface area contributed by atoms with Gasteiger partial charge in [-0.05, 0) is 46.5 Å². The van der Waals surface area contributed by atoms with Crippen LogP contribution in [0.4, 0.5) is 0 Å². The van der Waals surface area contributed by atoms with E-state index in [9.17, 15) is 13.2 Å². The maximum absolute atomic E-state index is 11.6. The number of benzene rings is 2. The van der Waals surface area contributed by atoms with Gasteiger partial charge in [0.1, 0.15) is 0 Å². The van der Waals surface area contributed by atoms with Gasteiger partial charge in [0, 0.05) is 29.9 Å². The lowest BCUT2D eigenvalue weighted by Crippen LogP contribution is -2.21. The van der Waals surface area contributed by atoms with Crippen molar-refractivity contribution in [3.63, 3.8) is 0 Å². The quantitative estimate of drug-likeness (QED) is 0.292. The van der Waals surface area contributed by atoms with E-state index < -0.39 is 10.1 Å². The number of carbonyl (C=O) groups excluding carboxylic acids is 1. The number of thiophene rings is 1. The Hall–Kier alpha value is -2.78. The molecule has 2 aromatic carbocycles. The standard InChI is InChI=1S/C14H13ClN2O.C10H8O3S2/c15-13(12-4-6-17-14(12)18)10-2-1-9-3-5-16-8-11(9)7-10;11-15(12,13)10-9(6-7-14-10)8-4-2-1-3-5-8/h1-3,5,7-8,12-13H,4,6H2,(H,17,18);1-7H,(H,11,12,13)/t12-,13?;/m1./s1. The number of alkyl halides is 1. The molecule has 33 heavy (non-hydrogen) atoms. The van der Waals surface area contributed by atoms with Gasteiger partial charge < -0.3 is 5.32 Å². The minimum absolute atomic E-state index is 0.00583. The first-order valence-electron chi connectivity index (χ1n) is 10.2. The Bertz CT molecular complexity index is 1370. The third-order valence-corrected chi connectivity index (χ3v) is 8.25. The van der Waals surface area contributed by atoms with Crippen molar-refractivity contribution in [2.45, 2.75) is 16.0 Å². The van der Waals surface area contributed by atoms with Gasteiger partial charge >= 0.3 is 10.1 Å². The Balaban J connectivity index is 0.000000160. The van der Waals surface area contributed by atoms with Crippen LogP contribution < -0.4 is 5.32 Å². The zero-order valence-electron chi connectivity index (χ0n) is 17.4. The van der Waals surface area contributed by atoms with Crippen molar-refractivity contribution in [1.82, 2.24) is 10.3 Å². The van der Waals surface area contributed by atoms with Crippen LogP contribution in [0.5, 0.6) is 0 Å². The Morgan fingerprint density at radius 3 is 2.58 bits per heavy atom. The number of carbonyl (C=O) groups is 1. The molecule has 0 bridgehead atoms. The molecule has 1 aliphatic rings. The lowest BCUT2D eigenvalue weighted by atomic mass is 9.96. The molecule has 3 heterocycles. The van der Waals surface area contributed by atoms with Crippen LogP contribution in [0.1, 0.15) is 17.4 Å². The van der Waals surface area contributed by atoms with E-state index in [1.807, 2.05) is 48.7 Å². The van der Waals surface area contributed by atoms with E-state index in [-0.39, 0.29) is 21.4 Å². The molecule has 9 heteroatoms. The molecule has 4 aromatic rings. The summed E-state index contributed by atoms with van der Waals surface area (Å²) in [4.78, 5) is 15.7. The second-order valence-corrected chi connectivity index (χ2v) is 10.5. The maximum Gasteiger partial charge on any atom is 0.304 e. The first-order valence-corrected chi connectivity index (χ1v) is 13.0. The van der Waals surface area contributed by atoms with Crippen LogP contribution in [-0.2, 0) is 14.9 Å². The fourth-order valence-electron chi connectivity index (χ4n) is 3.73. The molecule has 0 saturated carbocycles. The van der Waals surface area contributed by atoms with Gasteiger partial charge in [0.15, 0.2) is 4.21 Å². The average Bonchev–Trinajstić information content (AvgIpc) is 3.49. The number of nitrogens with one attached hydrogen (secondary N) is 1. The summed E-state index contributed by atoms with van der Waals surface area (Å²) in [5.74, 6) is -0.0675. The van der Waals surface area contributed by atoms with Crippen molar-refractivity contribution in [2.75, 3.05) is 6.54 Å². The number of hydrogen-bond acceptors (Lipinski definition) is 5. The molecule has 2 atom stereocenters. The molecule has 0 spiro atoms. The molecule has 2 aromatic heterocycles. The fourth-order valence-corrected chi connectivity index (χ4v) is 5.86. The van der Waals surface area contributed by atoms with Gasteiger partial charge in [0.25, 0.3) is 0 Å². The molecular weight excluding hydrogens is 480 g/mol. The van der Waals surface area contributed by atoms with E-state index in [2.05, 4.69) is 10.3 Å². The lowest BCUT2D eigenvalue weighted by Gasteiger charge is -2.15. The molecule has 1 aliphatic heterocycles. The highest BCUT2D eigenvalue weighted by atomic mass is 35.5. The van der Waals surface area contributed by atoms with Crippen molar-refractivity contribution in [3.8, 4) is 11.1 Å². The summed E-state index contributed by atoms with van der Waals surface area (Å²) in [5, 5.41) is 6.39. The zero-order chi connectivity index (χ0) is 23.4. The molecule has 6 nitrogen and oxygen atoms in total. The van der Waals surface area contributed by atoms with Gasteiger partial charge in [0.2, 0.25) is 5.91 Å². The molecule has 2 N–H and O–H groups in total. The van der Waals surface area contributed by atoms with E-state index in [4.69, 9.17) is 16.2 Å². The fraction of sp³-hybridized carbons (Fsp3) is 0.167. The Morgan fingerprint density at radius 2 is 1.88 bits per heavy atom. The molecule has 1 amide bonds. The van der Waals surface area contributed by atoms with Gasteiger partial charge in [-0.3, -0.25) is 14.3 Å². The van der Waals surface area contributed by atoms with Crippen molar-refractivity contribution in [3.05, 3.63) is 84.0 Å². The molecular formula is C24H21ClN2O4S2. The zero-order valence-corrected chi connectivity index (χ0v) is 19.8. The molecule has 0 radical (unpaired) electrons. The number of aromatic nitrogens is 1. The van der Waals surface area contributed by atoms with E-state index in [1.54, 1.807) is 29.8 Å². The van der Waals surface area contributed by atoms with E-state index in [1.165, 1.54) is 0 Å². The van der Waals surface area contributed by atoms with E-state index >= 15 is 0 Å². The third-order valence-electron chi connectivity index (χ3n) is 5.38. The molecule has 5 rings (SSSR count). The van der Waals surface area contributed by atoms with Crippen molar-refractivity contribution >= 4 is 49.7 Å². The number of pyridine rings is 1.